The third kappa shape index (κ3) is 3.01. The van der Waals surface area contributed by atoms with E-state index in [1.54, 1.807) is 6.08 Å². The highest BCUT2D eigenvalue weighted by Crippen LogP contribution is 2.31. The first-order chi connectivity index (χ1) is 13.4. The fourth-order valence-electron chi connectivity index (χ4n) is 3.30. The van der Waals surface area contributed by atoms with E-state index in [0.717, 1.165) is 27.7 Å². The molecule has 6 nitrogen and oxygen atoms in total. The van der Waals surface area contributed by atoms with Gasteiger partial charge in [0.1, 0.15) is 5.04 Å². The summed E-state index contributed by atoms with van der Waals surface area (Å²) in [5.74, 6) is -0.102. The summed E-state index contributed by atoms with van der Waals surface area (Å²) in [5.41, 5.74) is 4.29. The predicted molar refractivity (Wildman–Crippen MR) is 115 cm³/mol. The second kappa shape index (κ2) is 6.91. The molecule has 0 aliphatic carbocycles. The highest BCUT2D eigenvalue weighted by Gasteiger charge is 2.36. The number of aliphatic imine (C=N–C) groups is 1. The Labute approximate surface area is 168 Å². The smallest absolute Gasteiger partial charge is 0.283 e. The van der Waals surface area contributed by atoms with Crippen molar-refractivity contribution in [2.45, 2.75) is 27.7 Å². The van der Waals surface area contributed by atoms with Gasteiger partial charge in [-0.05, 0) is 55.4 Å². The molecule has 0 unspecified atom stereocenters. The zero-order chi connectivity index (χ0) is 20.0. The van der Waals surface area contributed by atoms with Crippen LogP contribution < -0.4 is 0 Å². The maximum Gasteiger partial charge on any atom is 0.283 e. The summed E-state index contributed by atoms with van der Waals surface area (Å²) in [5, 5.41) is 15.8. The second-order valence-corrected chi connectivity index (χ2v) is 8.10. The molecule has 3 heterocycles. The molecular formula is C21H21N5OS. The Balaban J connectivity index is 1.75. The number of carbonyl (C=O) groups excluding carboxylic acids is 1. The van der Waals surface area contributed by atoms with Gasteiger partial charge >= 0.3 is 0 Å². The van der Waals surface area contributed by atoms with Gasteiger partial charge in [0.25, 0.3) is 5.91 Å². The Morgan fingerprint density at radius 3 is 2.57 bits per heavy atom. The van der Waals surface area contributed by atoms with Gasteiger partial charge in [-0.2, -0.15) is 15.1 Å². The van der Waals surface area contributed by atoms with Gasteiger partial charge in [-0.1, -0.05) is 32.0 Å². The van der Waals surface area contributed by atoms with E-state index in [0.29, 0.717) is 5.17 Å². The van der Waals surface area contributed by atoms with Crippen LogP contribution in [-0.2, 0) is 4.79 Å². The monoisotopic (exact) mass is 391 g/mol. The lowest BCUT2D eigenvalue weighted by molar-refractivity contribution is -0.114. The first-order valence-electron chi connectivity index (χ1n) is 9.11. The molecule has 142 valence electrons. The zero-order valence-corrected chi connectivity index (χ0v) is 17.0. The van der Waals surface area contributed by atoms with E-state index >= 15 is 0 Å². The molecule has 1 aromatic carbocycles. The summed E-state index contributed by atoms with van der Waals surface area (Å²) >= 11 is 1.36. The Bertz CT molecular complexity index is 1080. The number of amides is 1. The molecule has 2 aliphatic heterocycles. The number of hydrogen-bond acceptors (Lipinski definition) is 4. The second-order valence-electron chi connectivity index (χ2n) is 7.11. The average molecular weight is 392 g/mol. The summed E-state index contributed by atoms with van der Waals surface area (Å²) in [6.07, 6.45) is 1.75. The van der Waals surface area contributed by atoms with Crippen LogP contribution in [0, 0.1) is 25.2 Å². The fraction of sp³-hybridized carbons (Fsp3) is 0.238. The maximum atomic E-state index is 12.6. The third-order valence-electron chi connectivity index (χ3n) is 4.75. The summed E-state index contributed by atoms with van der Waals surface area (Å²) in [4.78, 5) is 16.8. The van der Waals surface area contributed by atoms with Crippen LogP contribution in [0.3, 0.4) is 0 Å². The number of nitrogens with one attached hydrogen (secondary N) is 1. The number of amidine groups is 2. The number of fused-ring (bicyclic) bond motifs is 1. The number of hydrogen-bond donors (Lipinski definition) is 1. The minimum absolute atomic E-state index is 0.0719. The highest BCUT2D eigenvalue weighted by atomic mass is 32.2. The molecule has 0 radical (unpaired) electrons. The Kier molecular flexibility index (Phi) is 4.55. The van der Waals surface area contributed by atoms with E-state index in [9.17, 15) is 4.79 Å². The number of thioether (sulfide) groups is 1. The number of para-hydroxylation sites is 1. The third-order valence-corrected chi connectivity index (χ3v) is 5.96. The van der Waals surface area contributed by atoms with Crippen molar-refractivity contribution >= 4 is 39.8 Å². The molecule has 2 aromatic rings. The average Bonchev–Trinajstić information content (AvgIpc) is 3.20. The minimum Gasteiger partial charge on any atom is -0.318 e. The predicted octanol–water partition coefficient (Wildman–Crippen LogP) is 4.37. The van der Waals surface area contributed by atoms with Gasteiger partial charge in [-0.15, -0.1) is 0 Å². The molecule has 0 saturated carbocycles. The van der Waals surface area contributed by atoms with Crippen LogP contribution >= 0.6 is 11.8 Å². The fourth-order valence-corrected chi connectivity index (χ4v) is 4.20. The van der Waals surface area contributed by atoms with Gasteiger partial charge in [-0.3, -0.25) is 10.2 Å². The van der Waals surface area contributed by atoms with E-state index in [1.807, 2.05) is 64.1 Å². The normalized spacial score (nSPS) is 18.0. The number of hydrazone groups is 1. The van der Waals surface area contributed by atoms with E-state index in [1.165, 1.54) is 16.8 Å². The summed E-state index contributed by atoms with van der Waals surface area (Å²) < 4.78 is 2.14. The van der Waals surface area contributed by atoms with E-state index < -0.39 is 5.91 Å². The van der Waals surface area contributed by atoms with Crippen molar-refractivity contribution in [1.82, 2.24) is 9.58 Å². The molecule has 0 bridgehead atoms. The lowest BCUT2D eigenvalue weighted by atomic mass is 10.1. The van der Waals surface area contributed by atoms with Crippen molar-refractivity contribution in [2.75, 3.05) is 0 Å². The molecule has 4 rings (SSSR count). The number of benzene rings is 1. The van der Waals surface area contributed by atoms with Crippen LogP contribution in [0.4, 0.5) is 0 Å². The Hall–Kier alpha value is -2.93. The van der Waals surface area contributed by atoms with Gasteiger partial charge < -0.3 is 4.57 Å². The topological polar surface area (TPSA) is 73.8 Å². The molecule has 0 spiro atoms. The molecule has 2 aliphatic rings. The molecule has 0 atom stereocenters. The minimum atomic E-state index is -0.395. The number of rotatable bonds is 3. The quantitative estimate of drug-likeness (QED) is 0.790. The highest BCUT2D eigenvalue weighted by molar-refractivity contribution is 8.27. The van der Waals surface area contributed by atoms with Crippen molar-refractivity contribution < 1.29 is 4.79 Å². The first kappa shape index (κ1) is 18.4. The van der Waals surface area contributed by atoms with Crippen molar-refractivity contribution in [3.63, 3.8) is 0 Å². The molecular weight excluding hydrogens is 370 g/mol. The van der Waals surface area contributed by atoms with Gasteiger partial charge in [0.05, 0.1) is 5.57 Å². The van der Waals surface area contributed by atoms with Crippen LogP contribution in [0.2, 0.25) is 0 Å². The summed E-state index contributed by atoms with van der Waals surface area (Å²) in [7, 11) is 0. The van der Waals surface area contributed by atoms with Crippen LogP contribution in [0.5, 0.6) is 0 Å². The van der Waals surface area contributed by atoms with Crippen molar-refractivity contribution in [1.29, 1.82) is 5.41 Å². The van der Waals surface area contributed by atoms with E-state index in [-0.39, 0.29) is 17.3 Å². The SMILES string of the molecule is Cc1cc(/C=C2\C(=N)N3N=C(C(C)C)SC3=NC2=O)c(C)n1-c1ccccc1. The van der Waals surface area contributed by atoms with Crippen LogP contribution in [0.25, 0.3) is 11.8 Å². The molecule has 1 aromatic heterocycles. The molecule has 0 saturated heterocycles. The van der Waals surface area contributed by atoms with Crippen LogP contribution in [-0.4, -0.2) is 31.5 Å². The first-order valence-corrected chi connectivity index (χ1v) is 9.93. The molecule has 28 heavy (non-hydrogen) atoms. The number of carbonyl (C=O) groups is 1. The van der Waals surface area contributed by atoms with Gasteiger partial charge in [0.15, 0.2) is 5.84 Å². The lowest BCUT2D eigenvalue weighted by Crippen LogP contribution is -2.35. The van der Waals surface area contributed by atoms with Crippen molar-refractivity contribution in [2.24, 2.45) is 16.0 Å². The number of nitrogens with zero attached hydrogens (tertiary/aromatic N) is 4. The zero-order valence-electron chi connectivity index (χ0n) is 16.2. The number of aromatic nitrogens is 1. The van der Waals surface area contributed by atoms with Crippen LogP contribution in [0.15, 0.2) is 52.1 Å². The van der Waals surface area contributed by atoms with Gasteiger partial charge in [0.2, 0.25) is 5.17 Å². The van der Waals surface area contributed by atoms with E-state index in [4.69, 9.17) is 5.41 Å². The van der Waals surface area contributed by atoms with Crippen molar-refractivity contribution in [3.05, 3.63) is 58.9 Å². The Morgan fingerprint density at radius 1 is 1.18 bits per heavy atom. The largest absolute Gasteiger partial charge is 0.318 e. The van der Waals surface area contributed by atoms with Gasteiger partial charge in [0, 0.05) is 23.0 Å². The van der Waals surface area contributed by atoms with E-state index in [2.05, 4.69) is 14.7 Å². The molecule has 1 amide bonds. The maximum absolute atomic E-state index is 12.6. The standard InChI is InChI=1S/C21H21N5OS/c1-12(2)20-24-26-18(22)17(19(27)23-21(26)28-20)11-15-10-13(3)25(14(15)4)16-8-6-5-7-9-16/h5-12,22H,1-4H3/b17-11+,22-18?. The Morgan fingerprint density at radius 2 is 1.89 bits per heavy atom. The number of aryl methyl sites for hydroxylation is 1. The molecule has 7 heteroatoms. The lowest BCUT2D eigenvalue weighted by Gasteiger charge is -2.20. The molecule has 0 fully saturated rings. The van der Waals surface area contributed by atoms with Crippen molar-refractivity contribution in [3.8, 4) is 5.69 Å². The van der Waals surface area contributed by atoms with Gasteiger partial charge in [-0.25, -0.2) is 0 Å². The summed E-state index contributed by atoms with van der Waals surface area (Å²) in [6, 6.07) is 12.1. The van der Waals surface area contributed by atoms with Crippen LogP contribution in [0.1, 0.15) is 30.8 Å². The molecule has 1 N–H and O–H groups in total. The summed E-state index contributed by atoms with van der Waals surface area (Å²) in [6.45, 7) is 8.11.